The van der Waals surface area contributed by atoms with Crippen LogP contribution in [0.4, 0.5) is 14.9 Å². The molecule has 2 amide bonds. The summed E-state index contributed by atoms with van der Waals surface area (Å²) >= 11 is 0. The van der Waals surface area contributed by atoms with Crippen LogP contribution in [0, 0.1) is 11.7 Å². The largest absolute Gasteiger partial charge is 0.478 e. The first kappa shape index (κ1) is 16.9. The smallest absolute Gasteiger partial charge is 0.338 e. The minimum Gasteiger partial charge on any atom is -0.478 e. The van der Waals surface area contributed by atoms with Crippen molar-refractivity contribution in [3.05, 3.63) is 29.6 Å². The fraction of sp³-hybridized carbons (Fsp3) is 0.467. The predicted octanol–water partition coefficient (Wildman–Crippen LogP) is 3.47. The number of urea groups is 1. The molecule has 0 radical (unpaired) electrons. The molecule has 0 aliphatic heterocycles. The maximum atomic E-state index is 13.3. The molecular weight excluding hydrogens is 275 g/mol. The molecule has 0 heterocycles. The number of rotatable bonds is 6. The van der Waals surface area contributed by atoms with Gasteiger partial charge in [-0.05, 0) is 31.0 Å². The Labute approximate surface area is 123 Å². The number of carbonyl (C=O) groups is 2. The topological polar surface area (TPSA) is 78.4 Å². The van der Waals surface area contributed by atoms with Crippen LogP contribution in [0.25, 0.3) is 0 Å². The van der Waals surface area contributed by atoms with Gasteiger partial charge in [0.05, 0.1) is 5.56 Å². The lowest BCUT2D eigenvalue weighted by molar-refractivity contribution is 0.0692. The highest BCUT2D eigenvalue weighted by atomic mass is 19.1. The Morgan fingerprint density at radius 1 is 1.29 bits per heavy atom. The van der Waals surface area contributed by atoms with Crippen LogP contribution in [-0.4, -0.2) is 23.1 Å². The van der Waals surface area contributed by atoms with Crippen molar-refractivity contribution in [2.45, 2.75) is 39.7 Å². The first-order valence-corrected chi connectivity index (χ1v) is 6.99. The molecule has 5 nitrogen and oxygen atoms in total. The molecule has 0 saturated heterocycles. The lowest BCUT2D eigenvalue weighted by atomic mass is 9.96. The average molecular weight is 296 g/mol. The number of anilines is 1. The SMILES string of the molecule is CCC(CC)C(C)NC(=O)Nc1ccc(F)c(C(=O)O)c1. The van der Waals surface area contributed by atoms with E-state index < -0.39 is 23.4 Å². The summed E-state index contributed by atoms with van der Waals surface area (Å²) in [5.74, 6) is -1.83. The molecule has 0 aliphatic rings. The van der Waals surface area contributed by atoms with Crippen LogP contribution in [0.15, 0.2) is 18.2 Å². The minimum atomic E-state index is -1.37. The van der Waals surface area contributed by atoms with Crippen LogP contribution in [0.5, 0.6) is 0 Å². The predicted molar refractivity (Wildman–Crippen MR) is 79.0 cm³/mol. The van der Waals surface area contributed by atoms with E-state index in [0.29, 0.717) is 5.92 Å². The normalized spacial score (nSPS) is 12.0. The van der Waals surface area contributed by atoms with E-state index >= 15 is 0 Å². The number of benzene rings is 1. The Balaban J connectivity index is 2.71. The van der Waals surface area contributed by atoms with E-state index in [4.69, 9.17) is 5.11 Å². The van der Waals surface area contributed by atoms with E-state index in [0.717, 1.165) is 25.0 Å². The summed E-state index contributed by atoms with van der Waals surface area (Å²) < 4.78 is 13.3. The van der Waals surface area contributed by atoms with Crippen LogP contribution >= 0.6 is 0 Å². The molecule has 1 aromatic carbocycles. The molecule has 6 heteroatoms. The lowest BCUT2D eigenvalue weighted by Crippen LogP contribution is -2.40. The first-order chi connectivity index (χ1) is 9.88. The summed E-state index contributed by atoms with van der Waals surface area (Å²) in [4.78, 5) is 22.7. The number of hydrogen-bond acceptors (Lipinski definition) is 2. The van der Waals surface area contributed by atoms with Gasteiger partial charge < -0.3 is 15.7 Å². The molecule has 0 aromatic heterocycles. The second kappa shape index (κ2) is 7.61. The summed E-state index contributed by atoms with van der Waals surface area (Å²) in [6.07, 6.45) is 1.91. The van der Waals surface area contributed by atoms with Crippen LogP contribution in [0.2, 0.25) is 0 Å². The second-order valence-electron chi connectivity index (χ2n) is 4.96. The molecule has 0 fully saturated rings. The fourth-order valence-corrected chi connectivity index (χ4v) is 2.25. The zero-order chi connectivity index (χ0) is 16.0. The molecule has 1 atom stereocenters. The lowest BCUT2D eigenvalue weighted by Gasteiger charge is -2.22. The van der Waals surface area contributed by atoms with Gasteiger partial charge in [-0.15, -0.1) is 0 Å². The van der Waals surface area contributed by atoms with Crippen molar-refractivity contribution in [3.63, 3.8) is 0 Å². The van der Waals surface area contributed by atoms with Crippen LogP contribution in [-0.2, 0) is 0 Å². The highest BCUT2D eigenvalue weighted by molar-refractivity contribution is 5.93. The third-order valence-corrected chi connectivity index (χ3v) is 3.57. The zero-order valence-corrected chi connectivity index (χ0v) is 12.4. The Morgan fingerprint density at radius 2 is 1.90 bits per heavy atom. The van der Waals surface area contributed by atoms with E-state index in [1.165, 1.54) is 6.07 Å². The molecule has 1 unspecified atom stereocenters. The average Bonchev–Trinajstić information content (AvgIpc) is 2.41. The van der Waals surface area contributed by atoms with E-state index in [-0.39, 0.29) is 11.7 Å². The third kappa shape index (κ3) is 4.73. The molecule has 0 bridgehead atoms. The van der Waals surface area contributed by atoms with E-state index in [9.17, 15) is 14.0 Å². The molecule has 1 aromatic rings. The van der Waals surface area contributed by atoms with Gasteiger partial charge >= 0.3 is 12.0 Å². The Morgan fingerprint density at radius 3 is 2.43 bits per heavy atom. The summed E-state index contributed by atoms with van der Waals surface area (Å²) in [6.45, 7) is 6.04. The number of amides is 2. The monoisotopic (exact) mass is 296 g/mol. The summed E-state index contributed by atoms with van der Waals surface area (Å²) in [6, 6.07) is 3.00. The Kier molecular flexibility index (Phi) is 6.14. The van der Waals surface area contributed by atoms with Gasteiger partial charge in [-0.3, -0.25) is 0 Å². The number of aromatic carboxylic acids is 1. The Bertz CT molecular complexity index is 516. The van der Waals surface area contributed by atoms with Crippen molar-refractivity contribution in [1.29, 1.82) is 0 Å². The van der Waals surface area contributed by atoms with Gasteiger partial charge in [-0.2, -0.15) is 0 Å². The molecule has 0 saturated carbocycles. The van der Waals surface area contributed by atoms with Gasteiger partial charge in [0, 0.05) is 11.7 Å². The van der Waals surface area contributed by atoms with Crippen molar-refractivity contribution in [3.8, 4) is 0 Å². The standard InChI is InChI=1S/C15H21FN2O3/c1-4-10(5-2)9(3)17-15(21)18-11-6-7-13(16)12(8-11)14(19)20/h6-10H,4-5H2,1-3H3,(H,19,20)(H2,17,18,21). The van der Waals surface area contributed by atoms with Crippen LogP contribution in [0.3, 0.4) is 0 Å². The number of hydrogen-bond donors (Lipinski definition) is 3. The number of carbonyl (C=O) groups excluding carboxylic acids is 1. The highest BCUT2D eigenvalue weighted by Gasteiger charge is 2.16. The van der Waals surface area contributed by atoms with Gasteiger partial charge in [-0.25, -0.2) is 14.0 Å². The first-order valence-electron chi connectivity index (χ1n) is 6.99. The zero-order valence-electron chi connectivity index (χ0n) is 12.4. The van der Waals surface area contributed by atoms with Gasteiger partial charge in [-0.1, -0.05) is 26.7 Å². The summed E-state index contributed by atoms with van der Waals surface area (Å²) in [5, 5.41) is 14.2. The summed E-state index contributed by atoms with van der Waals surface area (Å²) in [5.41, 5.74) is -0.233. The van der Waals surface area contributed by atoms with E-state index in [1.807, 2.05) is 6.92 Å². The molecule has 0 aliphatic carbocycles. The van der Waals surface area contributed by atoms with Crippen LogP contribution in [0.1, 0.15) is 44.0 Å². The van der Waals surface area contributed by atoms with Gasteiger partial charge in [0.2, 0.25) is 0 Å². The molecular formula is C15H21FN2O3. The molecule has 21 heavy (non-hydrogen) atoms. The van der Waals surface area contributed by atoms with E-state index in [2.05, 4.69) is 24.5 Å². The molecule has 0 spiro atoms. The Hall–Kier alpha value is -2.11. The fourth-order valence-electron chi connectivity index (χ4n) is 2.25. The van der Waals surface area contributed by atoms with E-state index in [1.54, 1.807) is 0 Å². The van der Waals surface area contributed by atoms with Crippen molar-refractivity contribution in [1.82, 2.24) is 5.32 Å². The second-order valence-corrected chi connectivity index (χ2v) is 4.96. The quantitative estimate of drug-likeness (QED) is 0.752. The van der Waals surface area contributed by atoms with Gasteiger partial charge in [0.15, 0.2) is 0 Å². The number of nitrogens with one attached hydrogen (secondary N) is 2. The molecule has 3 N–H and O–H groups in total. The highest BCUT2D eigenvalue weighted by Crippen LogP contribution is 2.16. The van der Waals surface area contributed by atoms with Crippen molar-refractivity contribution in [2.24, 2.45) is 5.92 Å². The number of carboxylic acid groups (broad SMARTS) is 1. The maximum absolute atomic E-state index is 13.3. The molecule has 1 rings (SSSR count). The maximum Gasteiger partial charge on any atom is 0.338 e. The van der Waals surface area contributed by atoms with Gasteiger partial charge in [0.1, 0.15) is 5.82 Å². The van der Waals surface area contributed by atoms with Crippen molar-refractivity contribution in [2.75, 3.05) is 5.32 Å². The van der Waals surface area contributed by atoms with Gasteiger partial charge in [0.25, 0.3) is 0 Å². The minimum absolute atomic E-state index is 0.000562. The van der Waals surface area contributed by atoms with Crippen molar-refractivity contribution >= 4 is 17.7 Å². The summed E-state index contributed by atoms with van der Waals surface area (Å²) in [7, 11) is 0. The third-order valence-electron chi connectivity index (χ3n) is 3.57. The number of carboxylic acids is 1. The van der Waals surface area contributed by atoms with Crippen LogP contribution < -0.4 is 10.6 Å². The molecule has 116 valence electrons. The number of halogens is 1. The van der Waals surface area contributed by atoms with Crippen molar-refractivity contribution < 1.29 is 19.1 Å².